The summed E-state index contributed by atoms with van der Waals surface area (Å²) in [5, 5.41) is 3.47. The van der Waals surface area contributed by atoms with Gasteiger partial charge >= 0.3 is 0 Å². The molecule has 2 fully saturated rings. The third-order valence-electron chi connectivity index (χ3n) is 3.36. The lowest BCUT2D eigenvalue weighted by Crippen LogP contribution is -2.27. The van der Waals surface area contributed by atoms with Crippen LogP contribution in [0.2, 0.25) is 0 Å². The molecule has 0 spiro atoms. The van der Waals surface area contributed by atoms with Crippen molar-refractivity contribution in [1.29, 1.82) is 0 Å². The Balaban J connectivity index is 0.000000720. The van der Waals surface area contributed by atoms with Crippen LogP contribution in [0.3, 0.4) is 0 Å². The van der Waals surface area contributed by atoms with E-state index in [1.807, 2.05) is 0 Å². The summed E-state index contributed by atoms with van der Waals surface area (Å²) in [5.41, 5.74) is 0. The molecule has 0 bridgehead atoms. The van der Waals surface area contributed by atoms with E-state index in [0.29, 0.717) is 0 Å². The Morgan fingerprint density at radius 3 is 1.85 bits per heavy atom. The zero-order valence-electron chi connectivity index (χ0n) is 8.32. The molecule has 0 aromatic heterocycles. The molecule has 1 saturated heterocycles. The minimum atomic E-state index is 0. The fourth-order valence-corrected chi connectivity index (χ4v) is 2.56. The first-order valence-corrected chi connectivity index (χ1v) is 4.64. The van der Waals surface area contributed by atoms with Crippen LogP contribution in [0.25, 0.3) is 0 Å². The third kappa shape index (κ3) is 2.72. The number of rotatable bonds is 1. The zero-order chi connectivity index (χ0) is 7.84. The smallest absolute Gasteiger partial charge is 0.00956 e. The van der Waals surface area contributed by atoms with E-state index in [-0.39, 0.29) is 24.8 Å². The van der Waals surface area contributed by atoms with Crippen molar-refractivity contribution in [2.75, 3.05) is 27.2 Å². The Morgan fingerprint density at radius 2 is 1.46 bits per heavy atom. The Kier molecular flexibility index (Phi) is 5.61. The van der Waals surface area contributed by atoms with Crippen LogP contribution in [0.15, 0.2) is 0 Å². The predicted octanol–water partition coefficient (Wildman–Crippen LogP) is 1.39. The SMILES string of the molecule is CN(C)C1CC2CNCC2C1.Cl.Cl. The van der Waals surface area contributed by atoms with Gasteiger partial charge < -0.3 is 10.2 Å². The second kappa shape index (κ2) is 5.40. The summed E-state index contributed by atoms with van der Waals surface area (Å²) in [6, 6.07) is 0.868. The summed E-state index contributed by atoms with van der Waals surface area (Å²) in [6.07, 6.45) is 2.84. The number of fused-ring (bicyclic) bond motifs is 1. The molecule has 1 saturated carbocycles. The fourth-order valence-electron chi connectivity index (χ4n) is 2.56. The maximum atomic E-state index is 3.47. The summed E-state index contributed by atoms with van der Waals surface area (Å²) < 4.78 is 0. The van der Waals surface area contributed by atoms with Gasteiger partial charge in [0.2, 0.25) is 0 Å². The maximum absolute atomic E-state index is 3.47. The van der Waals surface area contributed by atoms with Crippen molar-refractivity contribution in [3.8, 4) is 0 Å². The molecule has 13 heavy (non-hydrogen) atoms. The van der Waals surface area contributed by atoms with E-state index in [9.17, 15) is 0 Å². The minimum Gasteiger partial charge on any atom is -0.316 e. The number of nitrogens with one attached hydrogen (secondary N) is 1. The van der Waals surface area contributed by atoms with Gasteiger partial charge in [0.1, 0.15) is 0 Å². The first-order chi connectivity index (χ1) is 5.27. The van der Waals surface area contributed by atoms with Crippen LogP contribution >= 0.6 is 24.8 Å². The average Bonchev–Trinajstić information content (AvgIpc) is 2.40. The van der Waals surface area contributed by atoms with E-state index in [1.165, 1.54) is 25.9 Å². The molecule has 2 rings (SSSR count). The molecule has 0 radical (unpaired) electrons. The monoisotopic (exact) mass is 226 g/mol. The molecule has 2 aliphatic rings. The van der Waals surface area contributed by atoms with Crippen molar-refractivity contribution in [3.05, 3.63) is 0 Å². The lowest BCUT2D eigenvalue weighted by molar-refractivity contribution is 0.285. The minimum absolute atomic E-state index is 0. The summed E-state index contributed by atoms with van der Waals surface area (Å²) in [5.74, 6) is 1.98. The molecule has 80 valence electrons. The lowest BCUT2D eigenvalue weighted by atomic mass is 10.0. The molecule has 1 aliphatic heterocycles. The predicted molar refractivity (Wildman–Crippen MR) is 61.1 cm³/mol. The van der Waals surface area contributed by atoms with Gasteiger partial charge in [0.05, 0.1) is 0 Å². The summed E-state index contributed by atoms with van der Waals surface area (Å²) >= 11 is 0. The van der Waals surface area contributed by atoms with E-state index in [2.05, 4.69) is 24.3 Å². The van der Waals surface area contributed by atoms with E-state index < -0.39 is 0 Å². The lowest BCUT2D eigenvalue weighted by Gasteiger charge is -2.19. The largest absolute Gasteiger partial charge is 0.316 e. The fraction of sp³-hybridized carbons (Fsp3) is 1.00. The van der Waals surface area contributed by atoms with Crippen LogP contribution < -0.4 is 5.32 Å². The Labute approximate surface area is 93.3 Å². The van der Waals surface area contributed by atoms with Crippen molar-refractivity contribution in [3.63, 3.8) is 0 Å². The van der Waals surface area contributed by atoms with Crippen molar-refractivity contribution >= 4 is 24.8 Å². The Hall–Kier alpha value is 0.500. The summed E-state index contributed by atoms with van der Waals surface area (Å²) in [7, 11) is 4.41. The number of halogens is 2. The van der Waals surface area contributed by atoms with Crippen molar-refractivity contribution in [1.82, 2.24) is 10.2 Å². The van der Waals surface area contributed by atoms with Gasteiger partial charge in [-0.2, -0.15) is 0 Å². The van der Waals surface area contributed by atoms with Gasteiger partial charge in [-0.05, 0) is 51.9 Å². The second-order valence-corrected chi connectivity index (χ2v) is 4.27. The van der Waals surface area contributed by atoms with E-state index in [0.717, 1.165) is 17.9 Å². The molecular weight excluding hydrogens is 207 g/mol. The van der Waals surface area contributed by atoms with E-state index in [4.69, 9.17) is 0 Å². The van der Waals surface area contributed by atoms with Gasteiger partial charge in [-0.25, -0.2) is 0 Å². The van der Waals surface area contributed by atoms with Crippen molar-refractivity contribution in [2.24, 2.45) is 11.8 Å². The summed E-state index contributed by atoms with van der Waals surface area (Å²) in [6.45, 7) is 2.55. The van der Waals surface area contributed by atoms with Crippen LogP contribution in [0.5, 0.6) is 0 Å². The molecule has 0 amide bonds. The van der Waals surface area contributed by atoms with Crippen molar-refractivity contribution < 1.29 is 0 Å². The molecule has 0 aromatic rings. The highest BCUT2D eigenvalue weighted by Gasteiger charge is 2.37. The molecule has 2 atom stereocenters. The first-order valence-electron chi connectivity index (χ1n) is 4.64. The van der Waals surface area contributed by atoms with Gasteiger partial charge in [-0.1, -0.05) is 0 Å². The van der Waals surface area contributed by atoms with Crippen LogP contribution in [0.4, 0.5) is 0 Å². The molecule has 2 unspecified atom stereocenters. The van der Waals surface area contributed by atoms with E-state index >= 15 is 0 Å². The topological polar surface area (TPSA) is 15.3 Å². The molecule has 1 heterocycles. The Morgan fingerprint density at radius 1 is 1.00 bits per heavy atom. The van der Waals surface area contributed by atoms with Crippen LogP contribution in [0, 0.1) is 11.8 Å². The van der Waals surface area contributed by atoms with Crippen LogP contribution in [-0.2, 0) is 0 Å². The first kappa shape index (κ1) is 13.5. The quantitative estimate of drug-likeness (QED) is 0.728. The highest BCUT2D eigenvalue weighted by molar-refractivity contribution is 5.85. The summed E-state index contributed by atoms with van der Waals surface area (Å²) in [4.78, 5) is 2.39. The molecule has 1 aliphatic carbocycles. The van der Waals surface area contributed by atoms with Crippen molar-refractivity contribution in [2.45, 2.75) is 18.9 Å². The molecule has 4 heteroatoms. The average molecular weight is 227 g/mol. The molecule has 0 aromatic carbocycles. The number of nitrogens with zero attached hydrogens (tertiary/aromatic N) is 1. The highest BCUT2D eigenvalue weighted by Crippen LogP contribution is 2.35. The Bertz CT molecular complexity index is 141. The van der Waals surface area contributed by atoms with Gasteiger partial charge in [-0.3, -0.25) is 0 Å². The van der Waals surface area contributed by atoms with Gasteiger partial charge in [0.25, 0.3) is 0 Å². The van der Waals surface area contributed by atoms with Gasteiger partial charge in [0.15, 0.2) is 0 Å². The van der Waals surface area contributed by atoms with Gasteiger partial charge in [0, 0.05) is 6.04 Å². The third-order valence-corrected chi connectivity index (χ3v) is 3.36. The van der Waals surface area contributed by atoms with Crippen LogP contribution in [0.1, 0.15) is 12.8 Å². The maximum Gasteiger partial charge on any atom is 0.00956 e. The molecule has 2 nitrogen and oxygen atoms in total. The highest BCUT2D eigenvalue weighted by atomic mass is 35.5. The standard InChI is InChI=1S/C9H18N2.2ClH/c1-11(2)9-3-7-5-10-6-8(7)4-9;;/h7-10H,3-6H2,1-2H3;2*1H. The normalized spacial score (nSPS) is 36.7. The zero-order valence-corrected chi connectivity index (χ0v) is 9.96. The number of hydrogen-bond donors (Lipinski definition) is 1. The van der Waals surface area contributed by atoms with E-state index in [1.54, 1.807) is 0 Å². The van der Waals surface area contributed by atoms with Gasteiger partial charge in [-0.15, -0.1) is 24.8 Å². The van der Waals surface area contributed by atoms with Crippen LogP contribution in [-0.4, -0.2) is 38.1 Å². The number of hydrogen-bond acceptors (Lipinski definition) is 2. The molecular formula is C9H20Cl2N2. The second-order valence-electron chi connectivity index (χ2n) is 4.27. The molecule has 1 N–H and O–H groups in total.